The van der Waals surface area contributed by atoms with E-state index in [1.807, 2.05) is 49.1 Å². The fraction of sp³-hybridized carbons (Fsp3) is 0.348. The molecule has 0 bridgehead atoms. The van der Waals surface area contributed by atoms with E-state index in [9.17, 15) is 4.79 Å². The van der Waals surface area contributed by atoms with Crippen LogP contribution in [0.15, 0.2) is 64.2 Å². The number of thioether (sulfide) groups is 1. The Kier molecular flexibility index (Phi) is 6.50. The van der Waals surface area contributed by atoms with E-state index in [0.29, 0.717) is 11.1 Å². The third-order valence-corrected chi connectivity index (χ3v) is 6.41. The molecule has 7 heteroatoms. The first-order valence-electron chi connectivity index (χ1n) is 10.3. The van der Waals surface area contributed by atoms with E-state index in [-0.39, 0.29) is 11.2 Å². The maximum atomic E-state index is 12.9. The molecule has 6 nitrogen and oxygen atoms in total. The van der Waals surface area contributed by atoms with Crippen molar-refractivity contribution >= 4 is 17.7 Å². The van der Waals surface area contributed by atoms with E-state index in [4.69, 9.17) is 4.42 Å². The molecule has 0 aliphatic carbocycles. The summed E-state index contributed by atoms with van der Waals surface area (Å²) in [7, 11) is 0. The zero-order valence-corrected chi connectivity index (χ0v) is 18.2. The zero-order chi connectivity index (χ0) is 20.9. The normalized spacial score (nSPS) is 15.9. The number of carbonyl (C=O) groups is 1. The topological polar surface area (TPSA) is 63.7 Å². The van der Waals surface area contributed by atoms with E-state index in [0.717, 1.165) is 43.9 Å². The van der Waals surface area contributed by atoms with Crippen molar-refractivity contribution in [2.45, 2.75) is 30.9 Å². The number of carbonyl (C=O) groups excluding carboxylic acids is 1. The molecule has 1 N–H and O–H groups in total. The first kappa shape index (κ1) is 20.6. The van der Waals surface area contributed by atoms with Gasteiger partial charge in [-0.2, -0.15) is 0 Å². The summed E-state index contributed by atoms with van der Waals surface area (Å²) in [6.45, 7) is 8.43. The van der Waals surface area contributed by atoms with Crippen LogP contribution in [-0.4, -0.2) is 52.4 Å². The van der Waals surface area contributed by atoms with Crippen molar-refractivity contribution in [1.82, 2.24) is 15.1 Å². The number of nitrogens with one attached hydrogen (secondary N) is 1. The molecule has 2 aromatic carbocycles. The molecule has 2 heterocycles. The molecule has 0 spiro atoms. The molecule has 1 fully saturated rings. The lowest BCUT2D eigenvalue weighted by atomic mass is 10.1. The van der Waals surface area contributed by atoms with E-state index >= 15 is 0 Å². The molecule has 156 valence electrons. The minimum Gasteiger partial charge on any atom is -0.411 e. The SMILES string of the molecule is Cc1ccccc1-c1nnc(S[C@@H](C)C(=O)N2CC[NH+](Cc3ccccc3)CC2)o1. The molecule has 0 unspecified atom stereocenters. The summed E-state index contributed by atoms with van der Waals surface area (Å²) in [6.07, 6.45) is 0. The van der Waals surface area contributed by atoms with Gasteiger partial charge in [0.25, 0.3) is 5.22 Å². The number of benzene rings is 2. The van der Waals surface area contributed by atoms with Crippen LogP contribution in [0.3, 0.4) is 0 Å². The lowest BCUT2D eigenvalue weighted by Crippen LogP contribution is -3.13. The number of quaternary nitrogens is 1. The molecule has 1 aromatic heterocycles. The summed E-state index contributed by atoms with van der Waals surface area (Å²) >= 11 is 1.33. The number of aromatic nitrogens is 2. The molecule has 1 atom stereocenters. The van der Waals surface area contributed by atoms with Crippen molar-refractivity contribution in [1.29, 1.82) is 0 Å². The zero-order valence-electron chi connectivity index (χ0n) is 17.4. The predicted molar refractivity (Wildman–Crippen MR) is 117 cm³/mol. The monoisotopic (exact) mass is 423 g/mol. The number of nitrogens with zero attached hydrogens (tertiary/aromatic N) is 3. The Labute approximate surface area is 181 Å². The second-order valence-corrected chi connectivity index (χ2v) is 8.98. The number of hydrogen-bond donors (Lipinski definition) is 1. The quantitative estimate of drug-likeness (QED) is 0.617. The molecular formula is C23H27N4O2S+. The van der Waals surface area contributed by atoms with E-state index in [1.54, 1.807) is 0 Å². The molecule has 0 radical (unpaired) electrons. The minimum absolute atomic E-state index is 0.134. The van der Waals surface area contributed by atoms with Crippen LogP contribution >= 0.6 is 11.8 Å². The van der Waals surface area contributed by atoms with Crippen molar-refractivity contribution in [3.63, 3.8) is 0 Å². The van der Waals surface area contributed by atoms with Crippen molar-refractivity contribution in [3.8, 4) is 11.5 Å². The van der Waals surface area contributed by atoms with Gasteiger partial charge < -0.3 is 14.2 Å². The second kappa shape index (κ2) is 9.45. The number of aryl methyl sites for hydroxylation is 1. The Balaban J connectivity index is 1.30. The third kappa shape index (κ3) is 4.91. The average molecular weight is 424 g/mol. The molecular weight excluding hydrogens is 396 g/mol. The van der Waals surface area contributed by atoms with Gasteiger partial charge in [-0.15, -0.1) is 10.2 Å². The van der Waals surface area contributed by atoms with Gasteiger partial charge in [0.15, 0.2) is 0 Å². The van der Waals surface area contributed by atoms with Crippen LogP contribution in [0.5, 0.6) is 0 Å². The van der Waals surface area contributed by atoms with Gasteiger partial charge in [-0.3, -0.25) is 4.79 Å². The van der Waals surface area contributed by atoms with E-state index in [2.05, 4.69) is 34.5 Å². The summed E-state index contributed by atoms with van der Waals surface area (Å²) < 4.78 is 5.81. The fourth-order valence-electron chi connectivity index (χ4n) is 3.74. The van der Waals surface area contributed by atoms with Crippen LogP contribution in [0.1, 0.15) is 18.1 Å². The maximum Gasteiger partial charge on any atom is 0.277 e. The van der Waals surface area contributed by atoms with E-state index < -0.39 is 0 Å². The van der Waals surface area contributed by atoms with Gasteiger partial charge in [0.2, 0.25) is 11.8 Å². The third-order valence-electron chi connectivity index (χ3n) is 5.49. The van der Waals surface area contributed by atoms with Gasteiger partial charge in [-0.1, -0.05) is 60.3 Å². The smallest absolute Gasteiger partial charge is 0.277 e. The Hall–Kier alpha value is -2.64. The maximum absolute atomic E-state index is 12.9. The van der Waals surface area contributed by atoms with Gasteiger partial charge in [-0.25, -0.2) is 0 Å². The van der Waals surface area contributed by atoms with Crippen LogP contribution in [0.4, 0.5) is 0 Å². The summed E-state index contributed by atoms with van der Waals surface area (Å²) in [6, 6.07) is 18.4. The summed E-state index contributed by atoms with van der Waals surface area (Å²) in [5, 5.41) is 8.46. The van der Waals surface area contributed by atoms with Crippen molar-refractivity contribution in [2.75, 3.05) is 26.2 Å². The van der Waals surface area contributed by atoms with Crippen molar-refractivity contribution < 1.29 is 14.1 Å². The Bertz CT molecular complexity index is 984. The predicted octanol–water partition coefficient (Wildman–Crippen LogP) is 2.45. The highest BCUT2D eigenvalue weighted by Crippen LogP contribution is 2.28. The van der Waals surface area contributed by atoms with Crippen LogP contribution in [0.2, 0.25) is 0 Å². The number of rotatable bonds is 6. The average Bonchev–Trinajstić information content (AvgIpc) is 3.23. The Morgan fingerprint density at radius 1 is 1.10 bits per heavy atom. The highest BCUT2D eigenvalue weighted by molar-refractivity contribution is 8.00. The van der Waals surface area contributed by atoms with Gasteiger partial charge in [0, 0.05) is 11.1 Å². The molecule has 4 rings (SSSR count). The van der Waals surface area contributed by atoms with Crippen LogP contribution in [0, 0.1) is 6.92 Å². The first-order valence-corrected chi connectivity index (χ1v) is 11.2. The number of amides is 1. The van der Waals surface area contributed by atoms with Crippen LogP contribution in [-0.2, 0) is 11.3 Å². The summed E-state index contributed by atoms with van der Waals surface area (Å²) in [5.74, 6) is 0.628. The largest absolute Gasteiger partial charge is 0.411 e. The molecule has 1 aliphatic heterocycles. The second-order valence-electron chi connectivity index (χ2n) is 7.69. The van der Waals surface area contributed by atoms with E-state index in [1.165, 1.54) is 22.2 Å². The number of hydrogen-bond acceptors (Lipinski definition) is 5. The highest BCUT2D eigenvalue weighted by atomic mass is 32.2. The van der Waals surface area contributed by atoms with Gasteiger partial charge in [0.1, 0.15) is 6.54 Å². The molecule has 30 heavy (non-hydrogen) atoms. The molecule has 1 amide bonds. The first-order chi connectivity index (χ1) is 14.6. The van der Waals surface area contributed by atoms with Gasteiger partial charge in [0.05, 0.1) is 31.4 Å². The lowest BCUT2D eigenvalue weighted by Gasteiger charge is -2.33. The van der Waals surface area contributed by atoms with Crippen molar-refractivity contribution in [3.05, 3.63) is 65.7 Å². The Morgan fingerprint density at radius 3 is 2.53 bits per heavy atom. The minimum atomic E-state index is -0.258. The summed E-state index contributed by atoms with van der Waals surface area (Å²) in [4.78, 5) is 16.4. The number of piperazine rings is 1. The lowest BCUT2D eigenvalue weighted by molar-refractivity contribution is -0.917. The summed E-state index contributed by atoms with van der Waals surface area (Å²) in [5.41, 5.74) is 3.35. The molecule has 1 saturated heterocycles. The van der Waals surface area contributed by atoms with Crippen LogP contribution < -0.4 is 4.90 Å². The fourth-order valence-corrected chi connectivity index (χ4v) is 4.51. The molecule has 0 saturated carbocycles. The van der Waals surface area contributed by atoms with Gasteiger partial charge in [-0.05, 0) is 25.5 Å². The highest BCUT2D eigenvalue weighted by Gasteiger charge is 2.28. The standard InChI is InChI=1S/C23H26N4O2S/c1-17-8-6-7-11-20(17)21-24-25-23(29-21)30-18(2)22(28)27-14-12-26(13-15-27)16-19-9-4-3-5-10-19/h3-11,18H,12-16H2,1-2H3/p+1/t18-/m0/s1. The molecule has 1 aliphatic rings. The Morgan fingerprint density at radius 2 is 1.80 bits per heavy atom. The van der Waals surface area contributed by atoms with Gasteiger partial charge >= 0.3 is 0 Å². The van der Waals surface area contributed by atoms with Crippen molar-refractivity contribution in [2.24, 2.45) is 0 Å². The molecule has 3 aromatic rings. The van der Waals surface area contributed by atoms with Crippen LogP contribution in [0.25, 0.3) is 11.5 Å².